The zero-order valence-corrected chi connectivity index (χ0v) is 20.0. The van der Waals surface area contributed by atoms with E-state index in [0.717, 1.165) is 81.3 Å². The maximum Gasteiger partial charge on any atom is 0.223 e. The minimum absolute atomic E-state index is 0.0775. The summed E-state index contributed by atoms with van der Waals surface area (Å²) in [6.07, 6.45) is 8.90. The highest BCUT2D eigenvalue weighted by Crippen LogP contribution is 2.28. The summed E-state index contributed by atoms with van der Waals surface area (Å²) in [7, 11) is 0. The number of nitrogens with two attached hydrogens (primary N) is 1. The molecule has 4 N–H and O–H groups in total. The normalized spacial score (nSPS) is 16.5. The van der Waals surface area contributed by atoms with Gasteiger partial charge in [0.25, 0.3) is 0 Å². The third-order valence-electron chi connectivity index (χ3n) is 6.43. The van der Waals surface area contributed by atoms with Crippen molar-refractivity contribution >= 4 is 5.91 Å². The van der Waals surface area contributed by atoms with Crippen LogP contribution in [0.3, 0.4) is 0 Å². The molecule has 0 spiro atoms. The van der Waals surface area contributed by atoms with E-state index in [0.29, 0.717) is 0 Å². The van der Waals surface area contributed by atoms with Gasteiger partial charge < -0.3 is 15.6 Å². The molecule has 1 saturated carbocycles. The third-order valence-corrected chi connectivity index (χ3v) is 6.43. The fraction of sp³-hybridized carbons (Fsp3) is 0.615. The van der Waals surface area contributed by atoms with Crippen LogP contribution >= 0.6 is 0 Å². The Morgan fingerprint density at radius 3 is 2.62 bits per heavy atom. The maximum atomic E-state index is 12.5. The number of nitrogens with zero attached hydrogens (tertiary/aromatic N) is 1. The van der Waals surface area contributed by atoms with Gasteiger partial charge >= 0.3 is 0 Å². The molecular weight excluding hydrogens is 400 g/mol. The predicted octanol–water partition coefficient (Wildman–Crippen LogP) is 4.58. The van der Waals surface area contributed by atoms with E-state index in [1.54, 1.807) is 0 Å². The van der Waals surface area contributed by atoms with Crippen LogP contribution in [0.4, 0.5) is 0 Å². The summed E-state index contributed by atoms with van der Waals surface area (Å²) >= 11 is 0. The molecular formula is C26H40N4O2. The summed E-state index contributed by atoms with van der Waals surface area (Å²) in [5.74, 6) is 1.15. The Kier molecular flexibility index (Phi) is 8.88. The van der Waals surface area contributed by atoms with Crippen molar-refractivity contribution in [2.45, 2.75) is 90.3 Å². The quantitative estimate of drug-likeness (QED) is 0.295. The van der Waals surface area contributed by atoms with E-state index in [2.05, 4.69) is 53.9 Å². The summed E-state index contributed by atoms with van der Waals surface area (Å²) in [5, 5.41) is 10.9. The molecule has 32 heavy (non-hydrogen) atoms. The van der Waals surface area contributed by atoms with E-state index >= 15 is 0 Å². The van der Waals surface area contributed by atoms with E-state index in [1.165, 1.54) is 5.56 Å². The molecule has 0 saturated heterocycles. The average molecular weight is 441 g/mol. The van der Waals surface area contributed by atoms with Crippen LogP contribution in [0.1, 0.15) is 77.0 Å². The zero-order valence-electron chi connectivity index (χ0n) is 20.0. The third kappa shape index (κ3) is 7.45. The number of rotatable bonds is 14. The van der Waals surface area contributed by atoms with Crippen molar-refractivity contribution in [1.82, 2.24) is 15.8 Å². The van der Waals surface area contributed by atoms with Crippen LogP contribution in [0.2, 0.25) is 0 Å². The number of hydrogen-bond donors (Lipinski definition) is 3. The van der Waals surface area contributed by atoms with Crippen molar-refractivity contribution in [3.05, 3.63) is 41.7 Å². The minimum Gasteiger partial charge on any atom is -0.361 e. The Hall–Kier alpha value is -2.18. The summed E-state index contributed by atoms with van der Waals surface area (Å²) in [5.41, 5.74) is 9.06. The van der Waals surface area contributed by atoms with Gasteiger partial charge in [-0.25, -0.2) is 0 Å². The van der Waals surface area contributed by atoms with Crippen molar-refractivity contribution in [2.75, 3.05) is 6.54 Å². The molecule has 1 aliphatic carbocycles. The number of benzene rings is 1. The highest BCUT2D eigenvalue weighted by atomic mass is 16.5. The SMILES string of the molecule is CCCC[C@H](C)C(=O)N[C@H](CC)Cc1ccc(-c2cc(CCCNC3(N)CC3)on2)cc1. The molecule has 0 bridgehead atoms. The lowest BCUT2D eigenvalue weighted by Crippen LogP contribution is -2.40. The van der Waals surface area contributed by atoms with Gasteiger partial charge in [-0.15, -0.1) is 0 Å². The van der Waals surface area contributed by atoms with Gasteiger partial charge in [0.2, 0.25) is 5.91 Å². The number of aryl methyl sites for hydroxylation is 1. The van der Waals surface area contributed by atoms with Crippen LogP contribution in [0.5, 0.6) is 0 Å². The van der Waals surface area contributed by atoms with Crippen molar-refractivity contribution < 1.29 is 9.32 Å². The molecule has 6 nitrogen and oxygen atoms in total. The molecule has 3 rings (SSSR count). The molecule has 6 heteroatoms. The van der Waals surface area contributed by atoms with Crippen LogP contribution in [-0.4, -0.2) is 29.3 Å². The first-order valence-corrected chi connectivity index (χ1v) is 12.3. The highest BCUT2D eigenvalue weighted by molar-refractivity contribution is 5.78. The summed E-state index contributed by atoms with van der Waals surface area (Å²) in [4.78, 5) is 12.5. The molecule has 1 aliphatic rings. The standard InChI is InChI=1S/C26H40N4O2/c1-4-6-8-19(3)25(31)29-22(5-2)17-20-10-12-21(13-11-20)24-18-23(32-30-24)9-7-16-28-26(27)14-15-26/h10-13,18-19,22,28H,4-9,14-17,27H2,1-3H3,(H,29,31)/t19-,22+/m0/s1. The maximum absolute atomic E-state index is 12.5. The number of nitrogens with one attached hydrogen (secondary N) is 2. The van der Waals surface area contributed by atoms with Crippen LogP contribution in [0.25, 0.3) is 11.3 Å². The van der Waals surface area contributed by atoms with E-state index in [1.807, 2.05) is 13.0 Å². The summed E-state index contributed by atoms with van der Waals surface area (Å²) in [6, 6.07) is 10.6. The van der Waals surface area contributed by atoms with Gasteiger partial charge in [0, 0.05) is 30.0 Å². The number of carbonyl (C=O) groups excluding carboxylic acids is 1. The molecule has 1 amide bonds. The molecule has 0 unspecified atom stereocenters. The lowest BCUT2D eigenvalue weighted by molar-refractivity contribution is -0.125. The zero-order chi connectivity index (χ0) is 23.0. The van der Waals surface area contributed by atoms with Crippen LogP contribution < -0.4 is 16.4 Å². The second kappa shape index (κ2) is 11.6. The predicted molar refractivity (Wildman–Crippen MR) is 129 cm³/mol. The number of unbranched alkanes of at least 4 members (excludes halogenated alkanes) is 1. The smallest absolute Gasteiger partial charge is 0.223 e. The first kappa shape index (κ1) is 24.5. The van der Waals surface area contributed by atoms with Crippen molar-refractivity contribution in [3.8, 4) is 11.3 Å². The molecule has 1 aromatic heterocycles. The second-order valence-electron chi connectivity index (χ2n) is 9.42. The van der Waals surface area contributed by atoms with E-state index in [9.17, 15) is 4.79 Å². The molecule has 1 fully saturated rings. The Labute approximate surface area is 192 Å². The van der Waals surface area contributed by atoms with Gasteiger partial charge in [0.15, 0.2) is 0 Å². The topological polar surface area (TPSA) is 93.2 Å². The van der Waals surface area contributed by atoms with Crippen LogP contribution in [-0.2, 0) is 17.6 Å². The van der Waals surface area contributed by atoms with E-state index in [-0.39, 0.29) is 23.5 Å². The number of aromatic nitrogens is 1. The fourth-order valence-corrected chi connectivity index (χ4v) is 3.86. The molecule has 0 radical (unpaired) electrons. The monoisotopic (exact) mass is 440 g/mol. The van der Waals surface area contributed by atoms with Crippen molar-refractivity contribution in [1.29, 1.82) is 0 Å². The van der Waals surface area contributed by atoms with Gasteiger partial charge in [-0.05, 0) is 50.6 Å². The van der Waals surface area contributed by atoms with Gasteiger partial charge in [-0.1, -0.05) is 63.0 Å². The Bertz CT molecular complexity index is 842. The fourth-order valence-electron chi connectivity index (χ4n) is 3.86. The molecule has 2 aromatic rings. The van der Waals surface area contributed by atoms with E-state index < -0.39 is 0 Å². The summed E-state index contributed by atoms with van der Waals surface area (Å²) in [6.45, 7) is 7.21. The number of carbonyl (C=O) groups is 1. The number of hydrogen-bond acceptors (Lipinski definition) is 5. The van der Waals surface area contributed by atoms with Crippen molar-refractivity contribution in [2.24, 2.45) is 11.7 Å². The Morgan fingerprint density at radius 1 is 1.22 bits per heavy atom. The second-order valence-corrected chi connectivity index (χ2v) is 9.42. The van der Waals surface area contributed by atoms with Gasteiger partial charge in [0.05, 0.1) is 5.66 Å². The lowest BCUT2D eigenvalue weighted by Gasteiger charge is -2.20. The van der Waals surface area contributed by atoms with E-state index in [4.69, 9.17) is 10.3 Å². The minimum atomic E-state index is -0.110. The number of amides is 1. The lowest BCUT2D eigenvalue weighted by atomic mass is 9.99. The van der Waals surface area contributed by atoms with Gasteiger partial charge in [-0.2, -0.15) is 0 Å². The Morgan fingerprint density at radius 2 is 1.97 bits per heavy atom. The van der Waals surface area contributed by atoms with Crippen LogP contribution in [0, 0.1) is 5.92 Å². The largest absolute Gasteiger partial charge is 0.361 e. The first-order chi connectivity index (χ1) is 15.4. The average Bonchev–Trinajstić information content (AvgIpc) is 3.34. The molecule has 1 aromatic carbocycles. The molecule has 0 aliphatic heterocycles. The van der Waals surface area contributed by atoms with Gasteiger partial charge in [0.1, 0.15) is 11.5 Å². The molecule has 2 atom stereocenters. The van der Waals surface area contributed by atoms with Crippen molar-refractivity contribution in [3.63, 3.8) is 0 Å². The first-order valence-electron chi connectivity index (χ1n) is 12.3. The highest BCUT2D eigenvalue weighted by Gasteiger charge is 2.37. The molecule has 176 valence electrons. The Balaban J connectivity index is 1.47. The summed E-state index contributed by atoms with van der Waals surface area (Å²) < 4.78 is 5.52. The van der Waals surface area contributed by atoms with Crippen LogP contribution in [0.15, 0.2) is 34.9 Å². The van der Waals surface area contributed by atoms with Gasteiger partial charge in [-0.3, -0.25) is 10.1 Å². The molecule has 1 heterocycles.